The summed E-state index contributed by atoms with van der Waals surface area (Å²) in [6.45, 7) is 4.51. The van der Waals surface area contributed by atoms with Crippen molar-refractivity contribution in [1.29, 1.82) is 0 Å². The van der Waals surface area contributed by atoms with Crippen molar-refractivity contribution in [3.05, 3.63) is 0 Å². The lowest BCUT2D eigenvalue weighted by Crippen LogP contribution is -2.50. The van der Waals surface area contributed by atoms with Crippen molar-refractivity contribution in [2.75, 3.05) is 46.4 Å². The molecule has 134 valence electrons. The Labute approximate surface area is 135 Å². The topological polar surface area (TPSA) is 40.1 Å². The molecule has 2 rings (SSSR count). The fourth-order valence-electron chi connectivity index (χ4n) is 3.30. The van der Waals surface area contributed by atoms with Crippen molar-refractivity contribution in [1.82, 2.24) is 15.1 Å². The molecular weight excluding hydrogens is 309 g/mol. The van der Waals surface area contributed by atoms with E-state index in [1.54, 1.807) is 7.05 Å². The Morgan fingerprint density at radius 3 is 2.48 bits per heavy atom. The first-order chi connectivity index (χ1) is 10.9. The van der Waals surface area contributed by atoms with Crippen molar-refractivity contribution in [2.45, 2.75) is 44.5 Å². The van der Waals surface area contributed by atoms with Gasteiger partial charge in [-0.2, -0.15) is 13.2 Å². The average molecular weight is 336 g/mol. The summed E-state index contributed by atoms with van der Waals surface area (Å²) >= 11 is 0. The number of ether oxygens (including phenoxy) is 1. The fraction of sp³-hybridized carbons (Fsp3) is 0.933. The van der Waals surface area contributed by atoms with Crippen LogP contribution >= 0.6 is 0 Å². The minimum Gasteiger partial charge on any atom is -0.378 e. The van der Waals surface area contributed by atoms with Gasteiger partial charge in [-0.3, -0.25) is 9.89 Å². The molecule has 0 unspecified atom stereocenters. The number of piperidine rings is 1. The summed E-state index contributed by atoms with van der Waals surface area (Å²) < 4.78 is 43.0. The number of rotatable bonds is 4. The van der Waals surface area contributed by atoms with Gasteiger partial charge in [0.25, 0.3) is 0 Å². The van der Waals surface area contributed by atoms with Gasteiger partial charge in [-0.1, -0.05) is 0 Å². The number of halogens is 3. The van der Waals surface area contributed by atoms with Crippen molar-refractivity contribution in [3.8, 4) is 0 Å². The van der Waals surface area contributed by atoms with E-state index in [9.17, 15) is 13.2 Å². The van der Waals surface area contributed by atoms with Crippen LogP contribution in [-0.2, 0) is 4.74 Å². The maximum Gasteiger partial charge on any atom is 0.401 e. The Morgan fingerprint density at radius 1 is 1.22 bits per heavy atom. The third kappa shape index (κ3) is 5.84. The highest BCUT2D eigenvalue weighted by Gasteiger charge is 2.35. The van der Waals surface area contributed by atoms with E-state index in [1.165, 1.54) is 4.90 Å². The van der Waals surface area contributed by atoms with Gasteiger partial charge in [0, 0.05) is 45.9 Å². The first kappa shape index (κ1) is 18.3. The number of likely N-dealkylation sites (tertiary alicyclic amines) is 2. The van der Waals surface area contributed by atoms with Crippen molar-refractivity contribution in [2.24, 2.45) is 4.99 Å². The predicted molar refractivity (Wildman–Crippen MR) is 83.6 cm³/mol. The van der Waals surface area contributed by atoms with Gasteiger partial charge < -0.3 is 15.0 Å². The van der Waals surface area contributed by atoms with Crippen LogP contribution in [0.15, 0.2) is 4.99 Å². The summed E-state index contributed by atoms with van der Waals surface area (Å²) in [7, 11) is 1.72. The molecule has 0 saturated carbocycles. The molecule has 0 aromatic rings. The molecule has 0 amide bonds. The standard InChI is InChI=1S/C15H27F3N4O/c1-3-23-13-5-8-22(9-6-13)14(19-2)20-12-4-7-21(10-12)11-15(16,17)18/h12-13H,3-11H2,1-2H3,(H,19,20)/t12-/m1/s1. The molecule has 2 fully saturated rings. The molecule has 0 aliphatic carbocycles. The van der Waals surface area contributed by atoms with E-state index in [-0.39, 0.29) is 6.04 Å². The third-order valence-electron chi connectivity index (χ3n) is 4.36. The minimum atomic E-state index is -4.13. The Balaban J connectivity index is 1.78. The number of alkyl halides is 3. The van der Waals surface area contributed by atoms with E-state index in [1.807, 2.05) is 6.92 Å². The molecule has 8 heteroatoms. The zero-order valence-electron chi connectivity index (χ0n) is 13.9. The number of guanidine groups is 1. The minimum absolute atomic E-state index is 0.0284. The van der Waals surface area contributed by atoms with Gasteiger partial charge in [0.2, 0.25) is 0 Å². The van der Waals surface area contributed by atoms with Crippen molar-refractivity contribution < 1.29 is 17.9 Å². The molecule has 0 radical (unpaired) electrons. The van der Waals surface area contributed by atoms with E-state index >= 15 is 0 Å². The van der Waals surface area contributed by atoms with Crippen LogP contribution < -0.4 is 5.32 Å². The molecule has 5 nitrogen and oxygen atoms in total. The van der Waals surface area contributed by atoms with Crippen LogP contribution in [0.5, 0.6) is 0 Å². The smallest absolute Gasteiger partial charge is 0.378 e. The van der Waals surface area contributed by atoms with Crippen LogP contribution in [0.3, 0.4) is 0 Å². The monoisotopic (exact) mass is 336 g/mol. The Hall–Kier alpha value is -1.02. The van der Waals surface area contributed by atoms with Gasteiger partial charge >= 0.3 is 6.18 Å². The lowest BCUT2D eigenvalue weighted by molar-refractivity contribution is -0.143. The molecule has 2 saturated heterocycles. The second-order valence-electron chi connectivity index (χ2n) is 6.17. The Morgan fingerprint density at radius 2 is 1.91 bits per heavy atom. The quantitative estimate of drug-likeness (QED) is 0.627. The highest BCUT2D eigenvalue weighted by atomic mass is 19.4. The molecular formula is C15H27F3N4O. The van der Waals surface area contributed by atoms with E-state index in [2.05, 4.69) is 15.2 Å². The highest BCUT2D eigenvalue weighted by Crippen LogP contribution is 2.20. The fourth-order valence-corrected chi connectivity index (χ4v) is 3.30. The van der Waals surface area contributed by atoms with Gasteiger partial charge in [0.1, 0.15) is 0 Å². The summed E-state index contributed by atoms with van der Waals surface area (Å²) in [4.78, 5) is 7.92. The van der Waals surface area contributed by atoms with Crippen LogP contribution in [0.4, 0.5) is 13.2 Å². The Kier molecular flexibility index (Phi) is 6.52. The molecule has 2 aliphatic heterocycles. The first-order valence-corrected chi connectivity index (χ1v) is 8.30. The zero-order valence-corrected chi connectivity index (χ0v) is 13.9. The molecule has 1 atom stereocenters. The van der Waals surface area contributed by atoms with Gasteiger partial charge in [-0.05, 0) is 26.2 Å². The zero-order chi connectivity index (χ0) is 16.9. The van der Waals surface area contributed by atoms with E-state index in [0.29, 0.717) is 25.6 Å². The molecule has 0 bridgehead atoms. The largest absolute Gasteiger partial charge is 0.401 e. The number of hydrogen-bond donors (Lipinski definition) is 1. The van der Waals surface area contributed by atoms with Crippen LogP contribution in [0.1, 0.15) is 26.2 Å². The van der Waals surface area contributed by atoms with Gasteiger partial charge in [-0.25, -0.2) is 0 Å². The van der Waals surface area contributed by atoms with Gasteiger partial charge in [0.05, 0.1) is 12.6 Å². The van der Waals surface area contributed by atoms with Gasteiger partial charge in [0.15, 0.2) is 5.96 Å². The predicted octanol–water partition coefficient (Wildman–Crippen LogP) is 1.70. The maximum atomic E-state index is 12.4. The summed E-state index contributed by atoms with van der Waals surface area (Å²) in [5.41, 5.74) is 0. The summed E-state index contributed by atoms with van der Waals surface area (Å²) in [5, 5.41) is 3.32. The molecule has 2 aliphatic rings. The van der Waals surface area contributed by atoms with Crippen LogP contribution in [0, 0.1) is 0 Å². The van der Waals surface area contributed by atoms with Crippen LogP contribution in [0.25, 0.3) is 0 Å². The summed E-state index contributed by atoms with van der Waals surface area (Å²) in [5.74, 6) is 0.791. The highest BCUT2D eigenvalue weighted by molar-refractivity contribution is 5.80. The second-order valence-corrected chi connectivity index (χ2v) is 6.17. The van der Waals surface area contributed by atoms with Crippen LogP contribution in [0.2, 0.25) is 0 Å². The molecule has 1 N–H and O–H groups in total. The SMILES string of the molecule is CCOC1CCN(C(=NC)N[C@@H]2CCN(CC(F)(F)F)C2)CC1. The lowest BCUT2D eigenvalue weighted by atomic mass is 10.1. The molecule has 0 spiro atoms. The summed E-state index contributed by atoms with van der Waals surface area (Å²) in [6, 6.07) is 0.0284. The van der Waals surface area contributed by atoms with Crippen LogP contribution in [-0.4, -0.2) is 80.5 Å². The average Bonchev–Trinajstić information content (AvgIpc) is 2.91. The molecule has 0 aromatic heterocycles. The maximum absolute atomic E-state index is 12.4. The number of hydrogen-bond acceptors (Lipinski definition) is 3. The number of nitrogens with zero attached hydrogens (tertiary/aromatic N) is 3. The Bertz CT molecular complexity index is 395. The molecule has 0 aromatic carbocycles. The molecule has 23 heavy (non-hydrogen) atoms. The number of aliphatic imine (C=N–C) groups is 1. The van der Waals surface area contributed by atoms with E-state index in [0.717, 1.165) is 38.5 Å². The second kappa shape index (κ2) is 8.19. The normalized spacial score (nSPS) is 25.2. The molecule has 2 heterocycles. The number of nitrogens with one attached hydrogen (secondary N) is 1. The first-order valence-electron chi connectivity index (χ1n) is 8.30. The lowest BCUT2D eigenvalue weighted by Gasteiger charge is -2.35. The third-order valence-corrected chi connectivity index (χ3v) is 4.36. The van der Waals surface area contributed by atoms with Crippen molar-refractivity contribution in [3.63, 3.8) is 0 Å². The van der Waals surface area contributed by atoms with E-state index in [4.69, 9.17) is 4.74 Å². The van der Waals surface area contributed by atoms with E-state index < -0.39 is 12.7 Å². The van der Waals surface area contributed by atoms with Crippen molar-refractivity contribution >= 4 is 5.96 Å². The summed E-state index contributed by atoms with van der Waals surface area (Å²) in [6.07, 6.45) is -1.19. The van der Waals surface area contributed by atoms with Gasteiger partial charge in [-0.15, -0.1) is 0 Å².